The summed E-state index contributed by atoms with van der Waals surface area (Å²) in [5, 5.41) is 22.6. The van der Waals surface area contributed by atoms with Gasteiger partial charge < -0.3 is 15.7 Å². The average Bonchev–Trinajstić information content (AvgIpc) is 2.65. The van der Waals surface area contributed by atoms with Gasteiger partial charge in [-0.15, -0.1) is 5.10 Å². The van der Waals surface area contributed by atoms with Gasteiger partial charge in [-0.3, -0.25) is 9.78 Å². The SMILES string of the molecule is CC(C)c1cnnc(Nc2ccc3ncc(C(=O)NCCO)cc3n2)c1. The van der Waals surface area contributed by atoms with E-state index in [9.17, 15) is 4.79 Å². The molecule has 0 aromatic carbocycles. The fourth-order valence-electron chi connectivity index (χ4n) is 2.36. The summed E-state index contributed by atoms with van der Waals surface area (Å²) in [6.07, 6.45) is 3.23. The number of rotatable bonds is 6. The number of fused-ring (bicyclic) bond motifs is 1. The van der Waals surface area contributed by atoms with Crippen LogP contribution in [0, 0.1) is 0 Å². The van der Waals surface area contributed by atoms with Gasteiger partial charge in [0.2, 0.25) is 0 Å². The Hall–Kier alpha value is -3.13. The molecule has 0 aliphatic carbocycles. The number of carbonyl (C=O) groups excluding carboxylic acids is 1. The smallest absolute Gasteiger partial charge is 0.253 e. The number of hydrogen-bond donors (Lipinski definition) is 3. The van der Waals surface area contributed by atoms with Crippen molar-refractivity contribution in [2.45, 2.75) is 19.8 Å². The molecular formula is C18H20N6O2. The Morgan fingerprint density at radius 2 is 2.00 bits per heavy atom. The number of aromatic nitrogens is 4. The molecule has 134 valence electrons. The number of aliphatic hydroxyl groups excluding tert-OH is 1. The normalized spacial score (nSPS) is 10.9. The van der Waals surface area contributed by atoms with Gasteiger partial charge in [-0.1, -0.05) is 13.8 Å². The van der Waals surface area contributed by atoms with Gasteiger partial charge in [0.05, 0.1) is 29.4 Å². The number of amides is 1. The summed E-state index contributed by atoms with van der Waals surface area (Å²) in [6.45, 7) is 4.25. The Bertz CT molecular complexity index is 928. The molecule has 3 heterocycles. The molecule has 8 nitrogen and oxygen atoms in total. The maximum atomic E-state index is 12.0. The Labute approximate surface area is 150 Å². The van der Waals surface area contributed by atoms with Gasteiger partial charge in [-0.2, -0.15) is 5.10 Å². The van der Waals surface area contributed by atoms with Crippen molar-refractivity contribution in [2.75, 3.05) is 18.5 Å². The molecule has 0 saturated heterocycles. The van der Waals surface area contributed by atoms with Gasteiger partial charge in [-0.05, 0) is 35.7 Å². The average molecular weight is 352 g/mol. The fourth-order valence-corrected chi connectivity index (χ4v) is 2.36. The second-order valence-corrected chi connectivity index (χ2v) is 6.09. The molecule has 0 radical (unpaired) electrons. The van der Waals surface area contributed by atoms with Gasteiger partial charge >= 0.3 is 0 Å². The van der Waals surface area contributed by atoms with E-state index in [4.69, 9.17) is 5.11 Å². The number of nitrogens with zero attached hydrogens (tertiary/aromatic N) is 4. The predicted octanol–water partition coefficient (Wildman–Crippen LogP) is 2.01. The minimum atomic E-state index is -0.302. The van der Waals surface area contributed by atoms with Gasteiger partial charge in [0.25, 0.3) is 5.91 Å². The third kappa shape index (κ3) is 4.09. The lowest BCUT2D eigenvalue weighted by molar-refractivity contribution is 0.0944. The van der Waals surface area contributed by atoms with Crippen LogP contribution in [0.25, 0.3) is 11.0 Å². The van der Waals surface area contributed by atoms with Crippen LogP contribution in [0.1, 0.15) is 35.7 Å². The van der Waals surface area contributed by atoms with E-state index < -0.39 is 0 Å². The van der Waals surface area contributed by atoms with Crippen molar-refractivity contribution in [2.24, 2.45) is 0 Å². The van der Waals surface area contributed by atoms with Crippen LogP contribution in [0.2, 0.25) is 0 Å². The molecule has 8 heteroatoms. The second-order valence-electron chi connectivity index (χ2n) is 6.09. The highest BCUT2D eigenvalue weighted by molar-refractivity contribution is 5.96. The van der Waals surface area contributed by atoms with Crippen molar-refractivity contribution in [3.05, 3.63) is 47.8 Å². The molecule has 0 bridgehead atoms. The third-order valence-corrected chi connectivity index (χ3v) is 3.80. The summed E-state index contributed by atoms with van der Waals surface area (Å²) in [6, 6.07) is 7.21. The lowest BCUT2D eigenvalue weighted by Crippen LogP contribution is -2.26. The van der Waals surface area contributed by atoms with Crippen molar-refractivity contribution in [3.8, 4) is 0 Å². The lowest BCUT2D eigenvalue weighted by Gasteiger charge is -2.09. The monoisotopic (exact) mass is 352 g/mol. The van der Waals surface area contributed by atoms with E-state index in [0.717, 1.165) is 5.56 Å². The topological polar surface area (TPSA) is 113 Å². The van der Waals surface area contributed by atoms with Gasteiger partial charge in [0, 0.05) is 12.7 Å². The molecule has 26 heavy (non-hydrogen) atoms. The Morgan fingerprint density at radius 1 is 1.15 bits per heavy atom. The highest BCUT2D eigenvalue weighted by Crippen LogP contribution is 2.20. The first-order valence-corrected chi connectivity index (χ1v) is 8.32. The summed E-state index contributed by atoms with van der Waals surface area (Å²) in [4.78, 5) is 20.8. The fraction of sp³-hybridized carbons (Fsp3) is 0.278. The molecule has 0 atom stereocenters. The second kappa shape index (κ2) is 7.83. The molecule has 1 amide bonds. The lowest BCUT2D eigenvalue weighted by atomic mass is 10.1. The molecule has 0 aliphatic heterocycles. The molecule has 3 rings (SSSR count). The number of carbonyl (C=O) groups is 1. The first-order valence-electron chi connectivity index (χ1n) is 8.32. The third-order valence-electron chi connectivity index (χ3n) is 3.80. The highest BCUT2D eigenvalue weighted by Gasteiger charge is 2.09. The van der Waals surface area contributed by atoms with Crippen LogP contribution in [0.4, 0.5) is 11.6 Å². The van der Waals surface area contributed by atoms with Crippen LogP contribution in [0.5, 0.6) is 0 Å². The van der Waals surface area contributed by atoms with Crippen molar-refractivity contribution in [1.29, 1.82) is 0 Å². The quantitative estimate of drug-likeness (QED) is 0.622. The van der Waals surface area contributed by atoms with Gasteiger partial charge in [0.1, 0.15) is 5.82 Å². The molecule has 0 fully saturated rings. The number of nitrogens with one attached hydrogen (secondary N) is 2. The number of anilines is 2. The minimum Gasteiger partial charge on any atom is -0.395 e. The minimum absolute atomic E-state index is 0.116. The van der Waals surface area contributed by atoms with Crippen LogP contribution in [0.3, 0.4) is 0 Å². The van der Waals surface area contributed by atoms with E-state index in [1.165, 1.54) is 6.20 Å². The van der Waals surface area contributed by atoms with Crippen molar-refractivity contribution < 1.29 is 9.90 Å². The van der Waals surface area contributed by atoms with E-state index in [2.05, 4.69) is 44.6 Å². The first-order chi connectivity index (χ1) is 12.6. The Morgan fingerprint density at radius 3 is 2.77 bits per heavy atom. The molecule has 3 N–H and O–H groups in total. The Kier molecular flexibility index (Phi) is 5.33. The molecule has 3 aromatic rings. The zero-order chi connectivity index (χ0) is 18.5. The van der Waals surface area contributed by atoms with E-state index in [1.54, 1.807) is 18.3 Å². The van der Waals surface area contributed by atoms with E-state index in [-0.39, 0.29) is 19.1 Å². The van der Waals surface area contributed by atoms with Crippen LogP contribution >= 0.6 is 0 Å². The molecule has 3 aromatic heterocycles. The van der Waals surface area contributed by atoms with E-state index >= 15 is 0 Å². The van der Waals surface area contributed by atoms with E-state index in [0.29, 0.717) is 34.2 Å². The van der Waals surface area contributed by atoms with Crippen LogP contribution in [-0.4, -0.2) is 44.3 Å². The van der Waals surface area contributed by atoms with Crippen LogP contribution < -0.4 is 10.6 Å². The summed E-state index contributed by atoms with van der Waals surface area (Å²) in [5.41, 5.74) is 2.72. The zero-order valence-electron chi connectivity index (χ0n) is 14.6. The summed E-state index contributed by atoms with van der Waals surface area (Å²) < 4.78 is 0. The number of pyridine rings is 2. The Balaban J connectivity index is 1.85. The standard InChI is InChI=1S/C18H20N6O2/c1-11(2)12-8-17(24-21-10-12)23-16-4-3-14-15(22-16)7-13(9-20-14)18(26)19-5-6-25/h3-4,7-11,25H,5-6H2,1-2H3,(H,19,26)(H,22,23,24). The molecule has 0 saturated carbocycles. The predicted molar refractivity (Wildman–Crippen MR) is 98.4 cm³/mol. The maximum absolute atomic E-state index is 12.0. The van der Waals surface area contributed by atoms with Crippen LogP contribution in [-0.2, 0) is 0 Å². The van der Waals surface area contributed by atoms with E-state index in [1.807, 2.05) is 12.1 Å². The number of hydrogen-bond acceptors (Lipinski definition) is 7. The van der Waals surface area contributed by atoms with Gasteiger partial charge in [-0.25, -0.2) is 4.98 Å². The van der Waals surface area contributed by atoms with Gasteiger partial charge in [0.15, 0.2) is 5.82 Å². The van der Waals surface area contributed by atoms with Crippen molar-refractivity contribution in [1.82, 2.24) is 25.5 Å². The van der Waals surface area contributed by atoms with Crippen molar-refractivity contribution >= 4 is 28.6 Å². The highest BCUT2D eigenvalue weighted by atomic mass is 16.3. The number of aliphatic hydroxyl groups is 1. The van der Waals surface area contributed by atoms with Crippen LogP contribution in [0.15, 0.2) is 36.7 Å². The van der Waals surface area contributed by atoms with Crippen molar-refractivity contribution in [3.63, 3.8) is 0 Å². The maximum Gasteiger partial charge on any atom is 0.253 e. The molecule has 0 spiro atoms. The summed E-state index contributed by atoms with van der Waals surface area (Å²) in [7, 11) is 0. The summed E-state index contributed by atoms with van der Waals surface area (Å²) in [5.74, 6) is 1.24. The molecular weight excluding hydrogens is 332 g/mol. The summed E-state index contributed by atoms with van der Waals surface area (Å²) >= 11 is 0. The molecule has 0 aliphatic rings. The zero-order valence-corrected chi connectivity index (χ0v) is 14.6. The first kappa shape index (κ1) is 17.7. The molecule has 0 unspecified atom stereocenters. The largest absolute Gasteiger partial charge is 0.395 e.